The Morgan fingerprint density at radius 3 is 1.48 bits per heavy atom. The molecule has 1 N–H and O–H groups in total. The number of hydrogen-bond acceptors (Lipinski definition) is 3. The van der Waals surface area contributed by atoms with Crippen LogP contribution in [0.25, 0.3) is 0 Å². The molecule has 0 aliphatic rings. The van der Waals surface area contributed by atoms with Gasteiger partial charge in [-0.25, -0.2) is 4.57 Å². The largest absolute Gasteiger partial charge is 0.475 e. The van der Waals surface area contributed by atoms with Crippen LogP contribution >= 0.6 is 31.0 Å². The Kier molecular flexibility index (Phi) is 5.82. The molecule has 0 fully saturated rings. The number of halogens is 2. The fraction of sp³-hybridized carbons (Fsp3) is 0.143. The minimum Gasteiger partial charge on any atom is -0.302 e. The lowest BCUT2D eigenvalue weighted by Gasteiger charge is -2.19. The average Bonchev–Trinajstić information content (AvgIpc) is 2.48. The highest BCUT2D eigenvalue weighted by molar-refractivity contribution is 7.47. The Morgan fingerprint density at radius 1 is 0.810 bits per heavy atom. The van der Waals surface area contributed by atoms with Crippen molar-refractivity contribution >= 4 is 31.0 Å². The summed E-state index contributed by atoms with van der Waals surface area (Å²) in [6, 6.07) is 17.3. The van der Waals surface area contributed by atoms with Crippen LogP contribution in [0.1, 0.15) is 22.3 Å². The average molecular weight is 347 g/mol. The first kappa shape index (κ1) is 16.5. The number of alkyl halides is 2. The Labute approximate surface area is 132 Å². The van der Waals surface area contributed by atoms with Crippen LogP contribution in [0.3, 0.4) is 0 Å². The predicted octanol–water partition coefficient (Wildman–Crippen LogP) is 5.00. The van der Waals surface area contributed by atoms with Gasteiger partial charge in [0.15, 0.2) is 11.1 Å². The molecule has 21 heavy (non-hydrogen) atoms. The quantitative estimate of drug-likeness (QED) is 0.590. The van der Waals surface area contributed by atoms with Crippen LogP contribution in [0.4, 0.5) is 0 Å². The normalized spacial score (nSPS) is 16.9. The van der Waals surface area contributed by atoms with E-state index in [9.17, 15) is 9.46 Å². The van der Waals surface area contributed by atoms with Crippen LogP contribution in [-0.4, -0.2) is 4.89 Å². The number of phosphoric ester groups is 1. The first-order valence-electron chi connectivity index (χ1n) is 6.05. The molecule has 0 radical (unpaired) electrons. The molecule has 2 rings (SSSR count). The van der Waals surface area contributed by atoms with Crippen molar-refractivity contribution in [1.82, 2.24) is 0 Å². The molecule has 0 bridgehead atoms. The number of benzene rings is 2. The summed E-state index contributed by atoms with van der Waals surface area (Å²) < 4.78 is 21.7. The molecular formula is C14H13Cl2O4P. The maximum atomic E-state index is 11.9. The van der Waals surface area contributed by atoms with Crippen LogP contribution in [0.5, 0.6) is 0 Å². The summed E-state index contributed by atoms with van der Waals surface area (Å²) in [5.41, 5.74) is -1.13. The zero-order valence-corrected chi connectivity index (χ0v) is 13.2. The lowest BCUT2D eigenvalue weighted by molar-refractivity contribution is 0.126. The van der Waals surface area contributed by atoms with Crippen molar-refractivity contribution in [2.75, 3.05) is 0 Å². The zero-order valence-electron chi connectivity index (χ0n) is 10.8. The van der Waals surface area contributed by atoms with E-state index in [1.54, 1.807) is 60.7 Å². The van der Waals surface area contributed by atoms with Crippen LogP contribution in [0.2, 0.25) is 0 Å². The van der Waals surface area contributed by atoms with E-state index in [0.29, 0.717) is 11.1 Å². The first-order valence-corrected chi connectivity index (χ1v) is 8.42. The standard InChI is InChI=1S/C14H13Cl2O4P/c15-13(11-7-3-1-4-8-11)19-21(17,18)20-14(16)12-9-5-2-6-10-12/h1-10,13-14H,(H,17,18). The van der Waals surface area contributed by atoms with Crippen molar-refractivity contribution in [2.45, 2.75) is 11.1 Å². The van der Waals surface area contributed by atoms with Gasteiger partial charge in [0.1, 0.15) is 0 Å². The van der Waals surface area contributed by atoms with Gasteiger partial charge in [0.25, 0.3) is 0 Å². The highest BCUT2D eigenvalue weighted by Crippen LogP contribution is 2.53. The third-order valence-electron chi connectivity index (χ3n) is 2.57. The maximum absolute atomic E-state index is 11.9. The smallest absolute Gasteiger partial charge is 0.302 e. The number of rotatable bonds is 6. The van der Waals surface area contributed by atoms with E-state index >= 15 is 0 Å². The molecule has 7 heteroatoms. The Morgan fingerprint density at radius 2 is 1.14 bits per heavy atom. The monoisotopic (exact) mass is 346 g/mol. The SMILES string of the molecule is O=P(O)(OC(Cl)c1ccccc1)OC(Cl)c1ccccc1. The minimum absolute atomic E-state index is 0.544. The van der Waals surface area contributed by atoms with Gasteiger partial charge < -0.3 is 4.89 Å². The summed E-state index contributed by atoms with van der Waals surface area (Å²) in [5.74, 6) is 0. The molecule has 2 atom stereocenters. The molecule has 0 saturated carbocycles. The summed E-state index contributed by atoms with van der Waals surface area (Å²) in [6.07, 6.45) is 0. The third-order valence-corrected chi connectivity index (χ3v) is 4.46. The van der Waals surface area contributed by atoms with Crippen molar-refractivity contribution in [3.8, 4) is 0 Å². The Bertz CT molecular complexity index is 557. The molecule has 2 aromatic carbocycles. The van der Waals surface area contributed by atoms with E-state index in [2.05, 4.69) is 0 Å². The molecule has 2 aromatic rings. The van der Waals surface area contributed by atoms with Crippen molar-refractivity contribution in [3.05, 3.63) is 71.8 Å². The minimum atomic E-state index is -4.40. The van der Waals surface area contributed by atoms with Crippen molar-refractivity contribution in [3.63, 3.8) is 0 Å². The van der Waals surface area contributed by atoms with E-state index in [1.165, 1.54) is 0 Å². The first-order chi connectivity index (χ1) is 9.98. The third kappa shape index (κ3) is 5.11. The molecular weight excluding hydrogens is 334 g/mol. The molecule has 0 aromatic heterocycles. The fourth-order valence-electron chi connectivity index (χ4n) is 1.59. The van der Waals surface area contributed by atoms with E-state index in [-0.39, 0.29) is 0 Å². The van der Waals surface area contributed by atoms with Crippen LogP contribution in [-0.2, 0) is 13.6 Å². The second kappa shape index (κ2) is 7.41. The van der Waals surface area contributed by atoms with Crippen molar-refractivity contribution < 1.29 is 18.5 Å². The summed E-state index contributed by atoms with van der Waals surface area (Å²) in [4.78, 5) is 9.72. The van der Waals surface area contributed by atoms with E-state index in [0.717, 1.165) is 0 Å². The molecule has 112 valence electrons. The van der Waals surface area contributed by atoms with Gasteiger partial charge in [0, 0.05) is 0 Å². The van der Waals surface area contributed by atoms with Crippen LogP contribution < -0.4 is 0 Å². The molecule has 0 aliphatic carbocycles. The van der Waals surface area contributed by atoms with Gasteiger partial charge in [-0.15, -0.1) is 0 Å². The van der Waals surface area contributed by atoms with Crippen molar-refractivity contribution in [1.29, 1.82) is 0 Å². The molecule has 0 aliphatic heterocycles. The summed E-state index contributed by atoms with van der Waals surface area (Å²) in [5, 5.41) is 0. The molecule has 0 amide bonds. The zero-order chi connectivity index (χ0) is 15.3. The second-order valence-corrected chi connectivity index (χ2v) is 6.28. The van der Waals surface area contributed by atoms with Gasteiger partial charge in [-0.05, 0) is 11.1 Å². The van der Waals surface area contributed by atoms with Gasteiger partial charge in [0.2, 0.25) is 0 Å². The molecule has 0 saturated heterocycles. The summed E-state index contributed by atoms with van der Waals surface area (Å²) >= 11 is 11.9. The lowest BCUT2D eigenvalue weighted by Crippen LogP contribution is -2.01. The number of hydrogen-bond donors (Lipinski definition) is 1. The van der Waals surface area contributed by atoms with E-state index in [1.807, 2.05) is 0 Å². The molecule has 0 spiro atoms. The van der Waals surface area contributed by atoms with E-state index < -0.39 is 18.9 Å². The highest BCUT2D eigenvalue weighted by Gasteiger charge is 2.30. The second-order valence-electron chi connectivity index (χ2n) is 4.13. The van der Waals surface area contributed by atoms with Gasteiger partial charge in [-0.3, -0.25) is 9.05 Å². The molecule has 0 heterocycles. The lowest BCUT2D eigenvalue weighted by atomic mass is 10.2. The van der Waals surface area contributed by atoms with Crippen LogP contribution in [0.15, 0.2) is 60.7 Å². The van der Waals surface area contributed by atoms with Gasteiger partial charge in [-0.1, -0.05) is 83.9 Å². The summed E-state index contributed by atoms with van der Waals surface area (Å²) in [7, 11) is -4.40. The van der Waals surface area contributed by atoms with Crippen LogP contribution in [0, 0.1) is 0 Å². The highest BCUT2D eigenvalue weighted by atomic mass is 35.5. The van der Waals surface area contributed by atoms with Crippen molar-refractivity contribution in [2.24, 2.45) is 0 Å². The van der Waals surface area contributed by atoms with Gasteiger partial charge in [0.05, 0.1) is 0 Å². The topological polar surface area (TPSA) is 55.8 Å². The van der Waals surface area contributed by atoms with Gasteiger partial charge in [-0.2, -0.15) is 0 Å². The molecule has 2 unspecified atom stereocenters. The fourth-order valence-corrected chi connectivity index (χ4v) is 3.25. The Hall–Kier alpha value is -0.870. The molecule has 4 nitrogen and oxygen atoms in total. The number of phosphoric acid groups is 1. The summed E-state index contributed by atoms with van der Waals surface area (Å²) in [6.45, 7) is 0. The Balaban J connectivity index is 2.00. The van der Waals surface area contributed by atoms with E-state index in [4.69, 9.17) is 32.2 Å². The predicted molar refractivity (Wildman–Crippen MR) is 82.1 cm³/mol. The maximum Gasteiger partial charge on any atom is 0.475 e. The van der Waals surface area contributed by atoms with Gasteiger partial charge >= 0.3 is 7.82 Å².